The fourth-order valence-electron chi connectivity index (χ4n) is 4.59. The summed E-state index contributed by atoms with van der Waals surface area (Å²) >= 11 is 0. The van der Waals surface area contributed by atoms with E-state index in [-0.39, 0.29) is 24.7 Å². The van der Waals surface area contributed by atoms with E-state index >= 15 is 0 Å². The van der Waals surface area contributed by atoms with Crippen molar-refractivity contribution in [3.63, 3.8) is 0 Å². The summed E-state index contributed by atoms with van der Waals surface area (Å²) < 4.78 is 0. The standard InChI is InChI=1S/C19H34N4O3/c1-2-22(14-18(24)25)17-11-16(12-17)20-19(26)23-9-5-15(6-10-23)13-21-7-3-4-8-21/h15-17H,2-14H2,1H3,(H,20,26)(H,24,25). The summed E-state index contributed by atoms with van der Waals surface area (Å²) in [6.07, 6.45) is 6.62. The number of carbonyl (C=O) groups is 2. The number of nitrogens with one attached hydrogen (secondary N) is 1. The monoisotopic (exact) mass is 366 g/mol. The van der Waals surface area contributed by atoms with Gasteiger partial charge in [-0.1, -0.05) is 6.92 Å². The van der Waals surface area contributed by atoms with Gasteiger partial charge in [-0.05, 0) is 64.1 Å². The highest BCUT2D eigenvalue weighted by Crippen LogP contribution is 2.26. The molecule has 0 unspecified atom stereocenters. The summed E-state index contributed by atoms with van der Waals surface area (Å²) in [6, 6.07) is 0.541. The Morgan fingerprint density at radius 3 is 2.35 bits per heavy atom. The van der Waals surface area contributed by atoms with Crippen LogP contribution in [0.25, 0.3) is 0 Å². The summed E-state index contributed by atoms with van der Waals surface area (Å²) in [7, 11) is 0. The molecule has 3 aliphatic rings. The fourth-order valence-corrected chi connectivity index (χ4v) is 4.59. The van der Waals surface area contributed by atoms with Crippen molar-refractivity contribution >= 4 is 12.0 Å². The molecule has 0 bridgehead atoms. The first-order valence-electron chi connectivity index (χ1n) is 10.3. The van der Waals surface area contributed by atoms with Crippen LogP contribution in [0.1, 0.15) is 45.4 Å². The maximum atomic E-state index is 12.5. The van der Waals surface area contributed by atoms with Crippen molar-refractivity contribution in [1.29, 1.82) is 0 Å². The molecule has 148 valence electrons. The van der Waals surface area contributed by atoms with Crippen molar-refractivity contribution < 1.29 is 14.7 Å². The van der Waals surface area contributed by atoms with E-state index in [9.17, 15) is 9.59 Å². The lowest BCUT2D eigenvalue weighted by molar-refractivity contribution is -0.139. The lowest BCUT2D eigenvalue weighted by Gasteiger charge is -2.43. The quantitative estimate of drug-likeness (QED) is 0.713. The van der Waals surface area contributed by atoms with Gasteiger partial charge in [-0.3, -0.25) is 9.69 Å². The normalized spacial score (nSPS) is 27.5. The Hall–Kier alpha value is -1.34. The number of carboxylic acid groups (broad SMARTS) is 1. The predicted octanol–water partition coefficient (Wildman–Crippen LogP) is 1.44. The topological polar surface area (TPSA) is 76.1 Å². The smallest absolute Gasteiger partial charge is 0.317 e. The molecule has 3 rings (SSSR count). The van der Waals surface area contributed by atoms with E-state index in [1.807, 2.05) is 16.7 Å². The average Bonchev–Trinajstić information content (AvgIpc) is 3.09. The molecule has 2 amide bonds. The number of piperidine rings is 1. The Balaban J connectivity index is 1.33. The Bertz CT molecular complexity index is 481. The van der Waals surface area contributed by atoms with Gasteiger partial charge in [-0.25, -0.2) is 4.79 Å². The molecule has 0 aromatic rings. The van der Waals surface area contributed by atoms with Gasteiger partial charge in [0.15, 0.2) is 0 Å². The van der Waals surface area contributed by atoms with Crippen LogP contribution in [0.5, 0.6) is 0 Å². The molecular weight excluding hydrogens is 332 g/mol. The Morgan fingerprint density at radius 2 is 1.77 bits per heavy atom. The van der Waals surface area contributed by atoms with Gasteiger partial charge in [0.2, 0.25) is 0 Å². The van der Waals surface area contributed by atoms with Crippen LogP contribution in [-0.2, 0) is 4.79 Å². The molecule has 0 aromatic carbocycles. The third kappa shape index (κ3) is 5.10. The number of likely N-dealkylation sites (N-methyl/N-ethyl adjacent to an activating group) is 1. The van der Waals surface area contributed by atoms with E-state index in [1.165, 1.54) is 32.5 Å². The number of hydrogen-bond donors (Lipinski definition) is 2. The van der Waals surface area contributed by atoms with Gasteiger partial charge >= 0.3 is 12.0 Å². The highest BCUT2D eigenvalue weighted by molar-refractivity contribution is 5.74. The molecule has 1 saturated carbocycles. The summed E-state index contributed by atoms with van der Waals surface area (Å²) in [5.41, 5.74) is 0. The number of carboxylic acids is 1. The lowest BCUT2D eigenvalue weighted by Crippen LogP contribution is -2.57. The van der Waals surface area contributed by atoms with Crippen LogP contribution >= 0.6 is 0 Å². The van der Waals surface area contributed by atoms with Crippen molar-refractivity contribution in [2.45, 2.75) is 57.5 Å². The van der Waals surface area contributed by atoms with Crippen LogP contribution < -0.4 is 5.32 Å². The van der Waals surface area contributed by atoms with Crippen LogP contribution in [0.15, 0.2) is 0 Å². The summed E-state index contributed by atoms with van der Waals surface area (Å²) in [5, 5.41) is 12.1. The maximum Gasteiger partial charge on any atom is 0.317 e. The molecule has 0 radical (unpaired) electrons. The molecular formula is C19H34N4O3. The molecule has 0 atom stereocenters. The van der Waals surface area contributed by atoms with Crippen LogP contribution in [0.3, 0.4) is 0 Å². The number of hydrogen-bond acceptors (Lipinski definition) is 4. The molecule has 3 fully saturated rings. The van der Waals surface area contributed by atoms with E-state index in [1.54, 1.807) is 0 Å². The molecule has 7 nitrogen and oxygen atoms in total. The molecule has 2 heterocycles. The van der Waals surface area contributed by atoms with Gasteiger partial charge in [0.05, 0.1) is 6.54 Å². The lowest BCUT2D eigenvalue weighted by atomic mass is 9.85. The zero-order valence-corrected chi connectivity index (χ0v) is 16.0. The average molecular weight is 367 g/mol. The number of amides is 2. The Labute approximate surface area is 156 Å². The molecule has 0 spiro atoms. The Kier molecular flexibility index (Phi) is 6.75. The van der Waals surface area contributed by atoms with Crippen molar-refractivity contribution in [2.24, 2.45) is 5.92 Å². The molecule has 26 heavy (non-hydrogen) atoms. The molecule has 2 N–H and O–H groups in total. The molecule has 2 aliphatic heterocycles. The summed E-state index contributed by atoms with van der Waals surface area (Å²) in [4.78, 5) is 29.9. The zero-order valence-electron chi connectivity index (χ0n) is 16.0. The summed E-state index contributed by atoms with van der Waals surface area (Å²) in [6.45, 7) is 8.24. The number of aliphatic carboxylic acids is 1. The third-order valence-electron chi connectivity index (χ3n) is 6.32. The minimum absolute atomic E-state index is 0.0642. The van der Waals surface area contributed by atoms with Gasteiger partial charge < -0.3 is 20.2 Å². The second kappa shape index (κ2) is 9.04. The van der Waals surface area contributed by atoms with Crippen LogP contribution in [0.2, 0.25) is 0 Å². The third-order valence-corrected chi connectivity index (χ3v) is 6.32. The molecule has 7 heteroatoms. The first kappa shape index (κ1) is 19.4. The zero-order chi connectivity index (χ0) is 18.5. The first-order chi connectivity index (χ1) is 12.5. The van der Waals surface area contributed by atoms with E-state index in [4.69, 9.17) is 5.11 Å². The van der Waals surface area contributed by atoms with E-state index in [2.05, 4.69) is 10.2 Å². The second-order valence-electron chi connectivity index (χ2n) is 8.17. The number of urea groups is 1. The van der Waals surface area contributed by atoms with Gasteiger partial charge in [-0.15, -0.1) is 0 Å². The second-order valence-corrected chi connectivity index (χ2v) is 8.17. The predicted molar refractivity (Wildman–Crippen MR) is 100 cm³/mol. The van der Waals surface area contributed by atoms with Crippen LogP contribution in [0, 0.1) is 5.92 Å². The van der Waals surface area contributed by atoms with Crippen molar-refractivity contribution in [3.8, 4) is 0 Å². The molecule has 2 saturated heterocycles. The molecule has 0 aromatic heterocycles. The minimum Gasteiger partial charge on any atom is -0.480 e. The van der Waals surface area contributed by atoms with Gasteiger partial charge in [0, 0.05) is 31.7 Å². The SMILES string of the molecule is CCN(CC(=O)O)C1CC(NC(=O)N2CCC(CN3CCCC3)CC2)C1. The van der Waals surface area contributed by atoms with E-state index in [0.29, 0.717) is 0 Å². The molecule has 1 aliphatic carbocycles. The summed E-state index contributed by atoms with van der Waals surface area (Å²) in [5.74, 6) is -0.0458. The van der Waals surface area contributed by atoms with Crippen LogP contribution in [0.4, 0.5) is 4.79 Å². The maximum absolute atomic E-state index is 12.5. The highest BCUT2D eigenvalue weighted by atomic mass is 16.4. The van der Waals surface area contributed by atoms with Gasteiger partial charge in [-0.2, -0.15) is 0 Å². The van der Waals surface area contributed by atoms with E-state index in [0.717, 1.165) is 51.2 Å². The first-order valence-corrected chi connectivity index (χ1v) is 10.3. The number of likely N-dealkylation sites (tertiary alicyclic amines) is 2. The van der Waals surface area contributed by atoms with E-state index < -0.39 is 5.97 Å². The van der Waals surface area contributed by atoms with Crippen LogP contribution in [-0.4, -0.2) is 89.7 Å². The van der Waals surface area contributed by atoms with Crippen molar-refractivity contribution in [2.75, 3.05) is 45.8 Å². The fraction of sp³-hybridized carbons (Fsp3) is 0.895. The van der Waals surface area contributed by atoms with Gasteiger partial charge in [0.25, 0.3) is 0 Å². The minimum atomic E-state index is -0.781. The van der Waals surface area contributed by atoms with Gasteiger partial charge in [0.1, 0.15) is 0 Å². The number of carbonyl (C=O) groups excluding carboxylic acids is 1. The highest BCUT2D eigenvalue weighted by Gasteiger charge is 2.36. The van der Waals surface area contributed by atoms with Crippen molar-refractivity contribution in [1.82, 2.24) is 20.0 Å². The van der Waals surface area contributed by atoms with Crippen molar-refractivity contribution in [3.05, 3.63) is 0 Å². The largest absolute Gasteiger partial charge is 0.480 e. The Morgan fingerprint density at radius 1 is 1.12 bits per heavy atom. The number of rotatable bonds is 7. The number of nitrogens with zero attached hydrogens (tertiary/aromatic N) is 3.